The van der Waals surface area contributed by atoms with Crippen LogP contribution in [0.15, 0.2) is 42.5 Å². The fourth-order valence-corrected chi connectivity index (χ4v) is 3.16. The van der Waals surface area contributed by atoms with E-state index >= 15 is 0 Å². The van der Waals surface area contributed by atoms with Crippen LogP contribution in [0.5, 0.6) is 5.75 Å². The lowest BCUT2D eigenvalue weighted by Gasteiger charge is -2.26. The van der Waals surface area contributed by atoms with Gasteiger partial charge < -0.3 is 20.1 Å². The zero-order valence-electron chi connectivity index (χ0n) is 15.5. The van der Waals surface area contributed by atoms with E-state index in [-0.39, 0.29) is 24.1 Å². The first-order valence-electron chi connectivity index (χ1n) is 8.59. The number of carbonyl (C=O) groups excluding carboxylic acids is 2. The summed E-state index contributed by atoms with van der Waals surface area (Å²) in [5.74, 6) is -0.883. The van der Waals surface area contributed by atoms with Crippen molar-refractivity contribution in [2.24, 2.45) is 0 Å². The monoisotopic (exact) mass is 408 g/mol. The number of nitrogens with zero attached hydrogens (tertiary/aromatic N) is 1. The number of halogens is 2. The molecule has 0 radical (unpaired) electrons. The van der Waals surface area contributed by atoms with Crippen LogP contribution in [-0.4, -0.2) is 41.6 Å². The lowest BCUT2D eigenvalue weighted by molar-refractivity contribution is -0.126. The van der Waals surface area contributed by atoms with Crippen LogP contribution in [0, 0.1) is 5.82 Å². The normalized spacial score (nSPS) is 14.7. The summed E-state index contributed by atoms with van der Waals surface area (Å²) in [5.41, 5.74) is 1.84. The van der Waals surface area contributed by atoms with Gasteiger partial charge in [-0.1, -0.05) is 18.2 Å². The molecule has 0 saturated carbocycles. The highest BCUT2D eigenvalue weighted by Gasteiger charge is 2.34. The molecule has 3 rings (SSSR count). The average molecular weight is 409 g/mol. The van der Waals surface area contributed by atoms with E-state index in [1.54, 1.807) is 25.1 Å². The SMILES string of the molecule is COc1cc(F)cc([C@@H](CO)NC(=O)C(C)N2Cc3ccccc3C2=O)c1.Cl. The second kappa shape index (κ2) is 9.03. The maximum Gasteiger partial charge on any atom is 0.255 e. The molecule has 8 heteroatoms. The molecule has 2 amide bonds. The number of aliphatic hydroxyl groups is 1. The summed E-state index contributed by atoms with van der Waals surface area (Å²) in [5, 5.41) is 12.3. The van der Waals surface area contributed by atoms with Gasteiger partial charge in [-0.05, 0) is 36.2 Å². The number of hydrogen-bond donors (Lipinski definition) is 2. The topological polar surface area (TPSA) is 78.9 Å². The van der Waals surface area contributed by atoms with Crippen LogP contribution in [0.1, 0.15) is 34.5 Å². The Labute approximate surface area is 168 Å². The average Bonchev–Trinajstić information content (AvgIpc) is 3.01. The molecule has 2 atom stereocenters. The molecule has 1 aliphatic heterocycles. The standard InChI is InChI=1S/C20H21FN2O4.ClH/c1-12(23-10-13-5-3-4-6-17(13)20(23)26)19(25)22-18(11-24)14-7-15(21)9-16(8-14)27-2;/h3-9,12,18,24H,10-11H2,1-2H3,(H,22,25);1H/t12?,18-;/m1./s1. The van der Waals surface area contributed by atoms with Crippen molar-refractivity contribution in [2.45, 2.75) is 25.6 Å². The summed E-state index contributed by atoms with van der Waals surface area (Å²) in [6.07, 6.45) is 0. The Morgan fingerprint density at radius 3 is 2.68 bits per heavy atom. The van der Waals surface area contributed by atoms with Crippen molar-refractivity contribution in [1.29, 1.82) is 0 Å². The minimum atomic E-state index is -0.815. The molecular weight excluding hydrogens is 387 g/mol. The summed E-state index contributed by atoms with van der Waals surface area (Å²) >= 11 is 0. The molecule has 2 aromatic carbocycles. The van der Waals surface area contributed by atoms with E-state index in [1.807, 2.05) is 12.1 Å². The number of ether oxygens (including phenoxy) is 1. The number of nitrogens with one attached hydrogen (secondary N) is 1. The predicted molar refractivity (Wildman–Crippen MR) is 104 cm³/mol. The second-order valence-electron chi connectivity index (χ2n) is 6.43. The van der Waals surface area contributed by atoms with Gasteiger partial charge in [-0.2, -0.15) is 0 Å². The van der Waals surface area contributed by atoms with Crippen molar-refractivity contribution < 1.29 is 23.8 Å². The minimum Gasteiger partial charge on any atom is -0.497 e. The molecule has 28 heavy (non-hydrogen) atoms. The Bertz CT molecular complexity index is 877. The van der Waals surface area contributed by atoms with E-state index < -0.39 is 30.4 Å². The van der Waals surface area contributed by atoms with Crippen molar-refractivity contribution in [3.63, 3.8) is 0 Å². The molecule has 0 aliphatic carbocycles. The fraction of sp³-hybridized carbons (Fsp3) is 0.300. The molecule has 6 nitrogen and oxygen atoms in total. The zero-order chi connectivity index (χ0) is 19.6. The fourth-order valence-electron chi connectivity index (χ4n) is 3.16. The molecule has 0 fully saturated rings. The van der Waals surface area contributed by atoms with Crippen LogP contribution in [0.4, 0.5) is 4.39 Å². The van der Waals surface area contributed by atoms with Gasteiger partial charge in [0.1, 0.15) is 17.6 Å². The van der Waals surface area contributed by atoms with E-state index in [4.69, 9.17) is 4.74 Å². The van der Waals surface area contributed by atoms with Crippen LogP contribution >= 0.6 is 12.4 Å². The maximum atomic E-state index is 13.7. The largest absolute Gasteiger partial charge is 0.497 e. The number of hydrogen-bond acceptors (Lipinski definition) is 4. The Morgan fingerprint density at radius 1 is 1.32 bits per heavy atom. The van der Waals surface area contributed by atoms with Gasteiger partial charge in [-0.25, -0.2) is 4.39 Å². The maximum absolute atomic E-state index is 13.7. The molecule has 0 spiro atoms. The van der Waals surface area contributed by atoms with E-state index in [2.05, 4.69) is 5.32 Å². The lowest BCUT2D eigenvalue weighted by atomic mass is 10.1. The van der Waals surface area contributed by atoms with Gasteiger partial charge in [0.2, 0.25) is 5.91 Å². The van der Waals surface area contributed by atoms with Crippen LogP contribution in [0.25, 0.3) is 0 Å². The summed E-state index contributed by atoms with van der Waals surface area (Å²) < 4.78 is 18.8. The van der Waals surface area contributed by atoms with Gasteiger partial charge in [-0.3, -0.25) is 9.59 Å². The van der Waals surface area contributed by atoms with Crippen molar-refractivity contribution in [3.8, 4) is 5.75 Å². The molecule has 1 heterocycles. The molecule has 2 aromatic rings. The zero-order valence-corrected chi connectivity index (χ0v) is 16.3. The van der Waals surface area contributed by atoms with E-state index in [0.717, 1.165) is 5.56 Å². The van der Waals surface area contributed by atoms with Gasteiger partial charge in [0.25, 0.3) is 5.91 Å². The third-order valence-corrected chi connectivity index (χ3v) is 4.73. The number of fused-ring (bicyclic) bond motifs is 1. The molecular formula is C20H22ClFN2O4. The molecule has 1 aliphatic rings. The quantitative estimate of drug-likeness (QED) is 0.769. The minimum absolute atomic E-state index is 0. The van der Waals surface area contributed by atoms with Crippen LogP contribution < -0.4 is 10.1 Å². The Hall–Kier alpha value is -2.64. The smallest absolute Gasteiger partial charge is 0.255 e. The number of amides is 2. The number of aliphatic hydroxyl groups excluding tert-OH is 1. The summed E-state index contributed by atoms with van der Waals surface area (Å²) in [6.45, 7) is 1.56. The Morgan fingerprint density at radius 2 is 2.04 bits per heavy atom. The van der Waals surface area contributed by atoms with Crippen molar-refractivity contribution in [3.05, 3.63) is 65.0 Å². The Balaban J connectivity index is 0.00000280. The molecule has 0 aromatic heterocycles. The van der Waals surface area contributed by atoms with E-state index in [0.29, 0.717) is 17.7 Å². The first-order valence-corrected chi connectivity index (χ1v) is 8.59. The lowest BCUT2D eigenvalue weighted by Crippen LogP contribution is -2.46. The Kier molecular flexibility index (Phi) is 6.99. The third kappa shape index (κ3) is 4.26. The predicted octanol–water partition coefficient (Wildman–Crippen LogP) is 2.45. The number of benzene rings is 2. The van der Waals surface area contributed by atoms with Crippen LogP contribution in [0.2, 0.25) is 0 Å². The van der Waals surface area contributed by atoms with Gasteiger partial charge in [0, 0.05) is 18.2 Å². The summed E-state index contributed by atoms with van der Waals surface area (Å²) in [7, 11) is 1.41. The van der Waals surface area contributed by atoms with Crippen molar-refractivity contribution in [2.75, 3.05) is 13.7 Å². The first-order chi connectivity index (χ1) is 12.9. The third-order valence-electron chi connectivity index (χ3n) is 4.73. The van der Waals surface area contributed by atoms with Gasteiger partial charge >= 0.3 is 0 Å². The van der Waals surface area contributed by atoms with E-state index in [1.165, 1.54) is 24.1 Å². The summed E-state index contributed by atoms with van der Waals surface area (Å²) in [4.78, 5) is 26.7. The first kappa shape index (κ1) is 21.7. The van der Waals surface area contributed by atoms with Crippen LogP contribution in [-0.2, 0) is 11.3 Å². The number of methoxy groups -OCH3 is 1. The second-order valence-corrected chi connectivity index (χ2v) is 6.43. The highest BCUT2D eigenvalue weighted by Crippen LogP contribution is 2.25. The van der Waals surface area contributed by atoms with Gasteiger partial charge in [0.05, 0.1) is 19.8 Å². The van der Waals surface area contributed by atoms with Crippen LogP contribution in [0.3, 0.4) is 0 Å². The number of carbonyl (C=O) groups is 2. The van der Waals surface area contributed by atoms with Crippen molar-refractivity contribution in [1.82, 2.24) is 10.2 Å². The van der Waals surface area contributed by atoms with Crippen molar-refractivity contribution >= 4 is 24.2 Å². The van der Waals surface area contributed by atoms with E-state index in [9.17, 15) is 19.1 Å². The highest BCUT2D eigenvalue weighted by molar-refractivity contribution is 6.01. The number of rotatable bonds is 6. The molecule has 0 saturated heterocycles. The molecule has 0 bridgehead atoms. The molecule has 150 valence electrons. The molecule has 1 unspecified atom stereocenters. The highest BCUT2D eigenvalue weighted by atomic mass is 35.5. The van der Waals surface area contributed by atoms with Gasteiger partial charge in [-0.15, -0.1) is 12.4 Å². The summed E-state index contributed by atoms with van der Waals surface area (Å²) in [6, 6.07) is 9.65. The molecule has 2 N–H and O–H groups in total. The van der Waals surface area contributed by atoms with Gasteiger partial charge in [0.15, 0.2) is 0 Å².